The molecule has 5 heteroatoms. The van der Waals surface area contributed by atoms with Gasteiger partial charge in [0.2, 0.25) is 0 Å². The van der Waals surface area contributed by atoms with Gasteiger partial charge in [-0.05, 0) is 31.7 Å². The smallest absolute Gasteiger partial charge is 0.126 e. The number of nitrogens with one attached hydrogen (secondary N) is 1. The van der Waals surface area contributed by atoms with E-state index in [9.17, 15) is 0 Å². The maximum absolute atomic E-state index is 8.59. The van der Waals surface area contributed by atoms with Gasteiger partial charge in [-0.3, -0.25) is 0 Å². The Kier molecular flexibility index (Phi) is 7.27. The molecule has 0 aliphatic heterocycles. The van der Waals surface area contributed by atoms with E-state index in [4.69, 9.17) is 14.6 Å². The molecule has 18 heavy (non-hydrogen) atoms. The van der Waals surface area contributed by atoms with Gasteiger partial charge in [0.05, 0.1) is 19.8 Å². The second kappa shape index (κ2) is 8.48. The Morgan fingerprint density at radius 3 is 2.72 bits per heavy atom. The maximum atomic E-state index is 8.59. The highest BCUT2D eigenvalue weighted by molar-refractivity contribution is 9.10. The molecule has 0 aliphatic carbocycles. The zero-order valence-electron chi connectivity index (χ0n) is 10.8. The first kappa shape index (κ1) is 15.4. The summed E-state index contributed by atoms with van der Waals surface area (Å²) in [5.41, 5.74) is 2.21. The predicted molar refractivity (Wildman–Crippen MR) is 75.0 cm³/mol. The van der Waals surface area contributed by atoms with Crippen LogP contribution in [0.3, 0.4) is 0 Å². The summed E-state index contributed by atoms with van der Waals surface area (Å²) in [5, 5.41) is 11.7. The minimum Gasteiger partial charge on any atom is -0.491 e. The summed E-state index contributed by atoms with van der Waals surface area (Å²) in [4.78, 5) is 0. The Bertz CT molecular complexity index is 371. The molecule has 1 rings (SSSR count). The van der Waals surface area contributed by atoms with Crippen molar-refractivity contribution in [3.8, 4) is 5.75 Å². The van der Waals surface area contributed by atoms with E-state index in [1.165, 1.54) is 0 Å². The van der Waals surface area contributed by atoms with Crippen LogP contribution in [0.15, 0.2) is 16.6 Å². The van der Waals surface area contributed by atoms with Gasteiger partial charge in [-0.15, -0.1) is 0 Å². The van der Waals surface area contributed by atoms with E-state index in [0.29, 0.717) is 19.8 Å². The third kappa shape index (κ3) is 4.94. The molecule has 4 nitrogen and oxygen atoms in total. The Morgan fingerprint density at radius 1 is 1.28 bits per heavy atom. The molecule has 102 valence electrons. The molecule has 0 aliphatic rings. The van der Waals surface area contributed by atoms with Crippen molar-refractivity contribution in [1.29, 1.82) is 0 Å². The van der Waals surface area contributed by atoms with Crippen molar-refractivity contribution in [3.05, 3.63) is 27.7 Å². The van der Waals surface area contributed by atoms with Crippen LogP contribution in [0.2, 0.25) is 0 Å². The minimum absolute atomic E-state index is 0.0440. The Balaban J connectivity index is 2.62. The molecule has 2 N–H and O–H groups in total. The van der Waals surface area contributed by atoms with Crippen molar-refractivity contribution in [1.82, 2.24) is 5.32 Å². The number of hydrogen-bond acceptors (Lipinski definition) is 4. The lowest BCUT2D eigenvalue weighted by Crippen LogP contribution is -2.13. The first-order chi connectivity index (χ1) is 8.69. The molecule has 0 saturated carbocycles. The van der Waals surface area contributed by atoms with Gasteiger partial charge in [0.25, 0.3) is 0 Å². The lowest BCUT2D eigenvalue weighted by atomic mass is 10.1. The van der Waals surface area contributed by atoms with E-state index in [-0.39, 0.29) is 6.61 Å². The molecule has 0 amide bonds. The summed E-state index contributed by atoms with van der Waals surface area (Å²) in [5.74, 6) is 0.903. The normalized spacial score (nSPS) is 10.7. The molecule has 1 aromatic carbocycles. The lowest BCUT2D eigenvalue weighted by Gasteiger charge is -2.15. The van der Waals surface area contributed by atoms with Crippen molar-refractivity contribution in [2.24, 2.45) is 0 Å². The van der Waals surface area contributed by atoms with E-state index in [1.807, 2.05) is 26.1 Å². The van der Waals surface area contributed by atoms with E-state index in [1.54, 1.807) is 0 Å². The van der Waals surface area contributed by atoms with Crippen molar-refractivity contribution in [3.63, 3.8) is 0 Å². The van der Waals surface area contributed by atoms with Gasteiger partial charge >= 0.3 is 0 Å². The number of aliphatic hydroxyl groups excluding tert-OH is 1. The van der Waals surface area contributed by atoms with E-state index < -0.39 is 0 Å². The van der Waals surface area contributed by atoms with Crippen molar-refractivity contribution >= 4 is 15.9 Å². The molecule has 0 fully saturated rings. The molecule has 0 atom stereocenters. The van der Waals surface area contributed by atoms with Gasteiger partial charge in [0.15, 0.2) is 0 Å². The molecule has 0 bridgehead atoms. The number of ether oxygens (including phenoxy) is 2. The summed E-state index contributed by atoms with van der Waals surface area (Å²) in [7, 11) is 1.91. The molecule has 0 aromatic heterocycles. The number of hydrogen-bond donors (Lipinski definition) is 2. The van der Waals surface area contributed by atoms with E-state index in [2.05, 4.69) is 21.2 Å². The van der Waals surface area contributed by atoms with E-state index in [0.717, 1.165) is 27.9 Å². The molecule has 0 unspecified atom stereocenters. The fraction of sp³-hybridized carbons (Fsp3) is 0.538. The maximum Gasteiger partial charge on any atom is 0.126 e. The third-order valence-corrected chi connectivity index (χ3v) is 2.85. The highest BCUT2D eigenvalue weighted by Gasteiger charge is 2.08. The molecule has 0 heterocycles. The first-order valence-corrected chi connectivity index (χ1v) is 6.73. The summed E-state index contributed by atoms with van der Waals surface area (Å²) in [6, 6.07) is 4.08. The summed E-state index contributed by atoms with van der Waals surface area (Å²) in [6.45, 7) is 4.14. The average molecular weight is 318 g/mol. The largest absolute Gasteiger partial charge is 0.491 e. The molecule has 0 radical (unpaired) electrons. The highest BCUT2D eigenvalue weighted by atomic mass is 79.9. The molecule has 1 aromatic rings. The number of rotatable bonds is 8. The summed E-state index contributed by atoms with van der Waals surface area (Å²) >= 11 is 3.48. The number of aliphatic hydroxyl groups is 1. The van der Waals surface area contributed by atoms with Crippen molar-refractivity contribution in [2.75, 3.05) is 33.5 Å². The monoisotopic (exact) mass is 317 g/mol. The zero-order valence-corrected chi connectivity index (χ0v) is 12.4. The second-order valence-corrected chi connectivity index (χ2v) is 4.84. The Hall–Kier alpha value is -0.620. The molecular formula is C13H20BrNO3. The van der Waals surface area contributed by atoms with Gasteiger partial charge < -0.3 is 19.9 Å². The van der Waals surface area contributed by atoms with Crippen molar-refractivity contribution < 1.29 is 14.6 Å². The SMILES string of the molecule is CNCc1cc(Br)cc(C)c1OCCOCCO. The fourth-order valence-electron chi connectivity index (χ4n) is 1.70. The second-order valence-electron chi connectivity index (χ2n) is 3.93. The van der Waals surface area contributed by atoms with Crippen LogP contribution in [0.25, 0.3) is 0 Å². The molecule has 0 spiro atoms. The summed E-state index contributed by atoms with van der Waals surface area (Å²) in [6.07, 6.45) is 0. The average Bonchev–Trinajstić information content (AvgIpc) is 2.32. The lowest BCUT2D eigenvalue weighted by molar-refractivity contribution is 0.0701. The molecule has 0 saturated heterocycles. The summed E-state index contributed by atoms with van der Waals surface area (Å²) < 4.78 is 12.0. The fourth-order valence-corrected chi connectivity index (χ4v) is 2.32. The van der Waals surface area contributed by atoms with Crippen LogP contribution >= 0.6 is 15.9 Å². The topological polar surface area (TPSA) is 50.7 Å². The van der Waals surface area contributed by atoms with Crippen LogP contribution in [0.4, 0.5) is 0 Å². The van der Waals surface area contributed by atoms with Gasteiger partial charge in [0.1, 0.15) is 12.4 Å². The van der Waals surface area contributed by atoms with Gasteiger partial charge in [-0.25, -0.2) is 0 Å². The first-order valence-electron chi connectivity index (χ1n) is 5.94. The van der Waals surface area contributed by atoms with E-state index >= 15 is 0 Å². The molecular weight excluding hydrogens is 298 g/mol. The zero-order chi connectivity index (χ0) is 13.4. The Labute approximate surface area is 116 Å². The van der Waals surface area contributed by atoms with Crippen LogP contribution in [-0.4, -0.2) is 38.6 Å². The van der Waals surface area contributed by atoms with Crippen LogP contribution in [0, 0.1) is 6.92 Å². The number of benzene rings is 1. The van der Waals surface area contributed by atoms with Crippen LogP contribution in [-0.2, 0) is 11.3 Å². The highest BCUT2D eigenvalue weighted by Crippen LogP contribution is 2.28. The van der Waals surface area contributed by atoms with Crippen molar-refractivity contribution in [2.45, 2.75) is 13.5 Å². The third-order valence-electron chi connectivity index (χ3n) is 2.39. The standard InChI is InChI=1S/C13H20BrNO3/c1-10-7-12(14)8-11(9-15-2)13(10)18-6-5-17-4-3-16/h7-8,15-16H,3-6,9H2,1-2H3. The quantitative estimate of drug-likeness (QED) is 0.719. The van der Waals surface area contributed by atoms with Gasteiger partial charge in [-0.2, -0.15) is 0 Å². The van der Waals surface area contributed by atoms with Crippen LogP contribution < -0.4 is 10.1 Å². The Morgan fingerprint density at radius 2 is 2.06 bits per heavy atom. The van der Waals surface area contributed by atoms with Crippen LogP contribution in [0.1, 0.15) is 11.1 Å². The predicted octanol–water partition coefficient (Wildman–Crippen LogP) is 1.86. The van der Waals surface area contributed by atoms with Gasteiger partial charge in [-0.1, -0.05) is 15.9 Å². The minimum atomic E-state index is 0.0440. The van der Waals surface area contributed by atoms with Gasteiger partial charge in [0, 0.05) is 16.6 Å². The number of aryl methyl sites for hydroxylation is 1. The van der Waals surface area contributed by atoms with Crippen LogP contribution in [0.5, 0.6) is 5.75 Å². The number of halogens is 1.